The van der Waals surface area contributed by atoms with Crippen molar-refractivity contribution in [1.82, 2.24) is 4.90 Å². The van der Waals surface area contributed by atoms with Gasteiger partial charge >= 0.3 is 0 Å². The molecule has 2 fully saturated rings. The van der Waals surface area contributed by atoms with Gasteiger partial charge in [-0.15, -0.1) is 0 Å². The van der Waals surface area contributed by atoms with Gasteiger partial charge in [0.1, 0.15) is 5.82 Å². The van der Waals surface area contributed by atoms with E-state index in [-0.39, 0.29) is 17.6 Å². The van der Waals surface area contributed by atoms with Crippen LogP contribution >= 0.6 is 0 Å². The van der Waals surface area contributed by atoms with Crippen LogP contribution in [-0.4, -0.2) is 35.8 Å². The molecule has 2 aromatic carbocycles. The van der Waals surface area contributed by atoms with Crippen molar-refractivity contribution >= 4 is 23.2 Å². The highest BCUT2D eigenvalue weighted by atomic mass is 19.1. The molecule has 0 radical (unpaired) electrons. The first-order valence-corrected chi connectivity index (χ1v) is 9.78. The van der Waals surface area contributed by atoms with Crippen molar-refractivity contribution in [1.29, 1.82) is 0 Å². The zero-order chi connectivity index (χ0) is 19.5. The van der Waals surface area contributed by atoms with Crippen molar-refractivity contribution in [3.8, 4) is 0 Å². The highest BCUT2D eigenvalue weighted by Crippen LogP contribution is 2.34. The minimum absolute atomic E-state index is 0.102. The summed E-state index contributed by atoms with van der Waals surface area (Å²) in [5.41, 5.74) is 1.35. The second-order valence-electron chi connectivity index (χ2n) is 7.66. The molecule has 5 nitrogen and oxygen atoms in total. The van der Waals surface area contributed by atoms with E-state index < -0.39 is 0 Å². The molecule has 0 atom stereocenters. The summed E-state index contributed by atoms with van der Waals surface area (Å²) in [5.74, 6) is -0.0756. The molecule has 0 unspecified atom stereocenters. The topological polar surface area (TPSA) is 61.4 Å². The molecule has 2 aliphatic carbocycles. The fourth-order valence-corrected chi connectivity index (χ4v) is 3.31. The standard InChI is InChI=1S/C22H24FN3O2/c23-16-7-9-17(10-8-16)24-22(28)19-3-1-2-4-20(19)25-21(27)14-26(18-11-12-18)13-15-5-6-15/h1-4,7-10,15,18H,5-6,11-14H2,(H,24,28)(H,25,27). The van der Waals surface area contributed by atoms with Crippen molar-refractivity contribution in [2.24, 2.45) is 5.92 Å². The van der Waals surface area contributed by atoms with E-state index in [1.165, 1.54) is 37.1 Å². The molecule has 146 valence electrons. The molecule has 0 aromatic heterocycles. The summed E-state index contributed by atoms with van der Waals surface area (Å²) in [7, 11) is 0. The van der Waals surface area contributed by atoms with Crippen molar-refractivity contribution in [2.45, 2.75) is 31.7 Å². The molecule has 0 heterocycles. The third kappa shape index (κ3) is 4.95. The lowest BCUT2D eigenvalue weighted by Crippen LogP contribution is -2.36. The number of para-hydroxylation sites is 1. The molecule has 4 rings (SSSR count). The van der Waals surface area contributed by atoms with Crippen LogP contribution in [0.1, 0.15) is 36.0 Å². The molecule has 2 aliphatic rings. The number of amides is 2. The Morgan fingerprint density at radius 2 is 1.68 bits per heavy atom. The van der Waals surface area contributed by atoms with Crippen LogP contribution in [0.5, 0.6) is 0 Å². The van der Waals surface area contributed by atoms with E-state index in [1.807, 2.05) is 0 Å². The average molecular weight is 381 g/mol. The lowest BCUT2D eigenvalue weighted by atomic mass is 10.1. The maximum Gasteiger partial charge on any atom is 0.257 e. The van der Waals surface area contributed by atoms with E-state index >= 15 is 0 Å². The Hall–Kier alpha value is -2.73. The van der Waals surface area contributed by atoms with Crippen LogP contribution in [0, 0.1) is 11.7 Å². The molecular formula is C22H24FN3O2. The minimum Gasteiger partial charge on any atom is -0.324 e. The SMILES string of the molecule is O=C(CN(CC1CC1)C1CC1)Nc1ccccc1C(=O)Nc1ccc(F)cc1. The fourth-order valence-electron chi connectivity index (χ4n) is 3.31. The molecule has 2 N–H and O–H groups in total. The van der Waals surface area contributed by atoms with Gasteiger partial charge in [-0.05, 0) is 68.0 Å². The Labute approximate surface area is 163 Å². The second kappa shape index (κ2) is 8.10. The van der Waals surface area contributed by atoms with Gasteiger partial charge in [-0.25, -0.2) is 4.39 Å². The van der Waals surface area contributed by atoms with E-state index in [9.17, 15) is 14.0 Å². The van der Waals surface area contributed by atoms with Crippen molar-refractivity contribution in [3.05, 3.63) is 59.9 Å². The van der Waals surface area contributed by atoms with E-state index in [0.29, 0.717) is 29.5 Å². The molecule has 2 aromatic rings. The fraction of sp³-hybridized carbons (Fsp3) is 0.364. The van der Waals surface area contributed by atoms with Gasteiger partial charge in [-0.3, -0.25) is 14.5 Å². The lowest BCUT2D eigenvalue weighted by Gasteiger charge is -2.21. The van der Waals surface area contributed by atoms with Gasteiger partial charge in [0.25, 0.3) is 5.91 Å². The highest BCUT2D eigenvalue weighted by Gasteiger charge is 2.34. The summed E-state index contributed by atoms with van der Waals surface area (Å²) in [6.07, 6.45) is 4.85. The van der Waals surface area contributed by atoms with Crippen LogP contribution < -0.4 is 10.6 Å². The van der Waals surface area contributed by atoms with E-state index in [4.69, 9.17) is 0 Å². The number of benzene rings is 2. The van der Waals surface area contributed by atoms with Gasteiger partial charge in [0, 0.05) is 18.3 Å². The molecule has 0 bridgehead atoms. The monoisotopic (exact) mass is 381 g/mol. The lowest BCUT2D eigenvalue weighted by molar-refractivity contribution is -0.117. The maximum atomic E-state index is 13.0. The van der Waals surface area contributed by atoms with Crippen LogP contribution in [-0.2, 0) is 4.79 Å². The van der Waals surface area contributed by atoms with Gasteiger partial charge < -0.3 is 10.6 Å². The first-order valence-electron chi connectivity index (χ1n) is 9.78. The molecule has 2 amide bonds. The third-order valence-corrected chi connectivity index (χ3v) is 5.15. The summed E-state index contributed by atoms with van der Waals surface area (Å²) in [6.45, 7) is 1.35. The summed E-state index contributed by atoms with van der Waals surface area (Å²) < 4.78 is 13.0. The van der Waals surface area contributed by atoms with E-state index in [1.54, 1.807) is 24.3 Å². The van der Waals surface area contributed by atoms with Crippen LogP contribution in [0.2, 0.25) is 0 Å². The van der Waals surface area contributed by atoms with Crippen LogP contribution in [0.4, 0.5) is 15.8 Å². The number of anilines is 2. The van der Waals surface area contributed by atoms with Crippen LogP contribution in [0.25, 0.3) is 0 Å². The summed E-state index contributed by atoms with van der Waals surface area (Å²) in [5, 5.41) is 5.63. The van der Waals surface area contributed by atoms with Crippen LogP contribution in [0.15, 0.2) is 48.5 Å². The van der Waals surface area contributed by atoms with Gasteiger partial charge in [0.2, 0.25) is 5.91 Å². The van der Waals surface area contributed by atoms with Crippen molar-refractivity contribution in [2.75, 3.05) is 23.7 Å². The molecule has 0 saturated heterocycles. The summed E-state index contributed by atoms with van der Waals surface area (Å²) >= 11 is 0. The van der Waals surface area contributed by atoms with Crippen LogP contribution in [0.3, 0.4) is 0 Å². The first-order chi connectivity index (χ1) is 13.6. The van der Waals surface area contributed by atoms with Crippen molar-refractivity contribution < 1.29 is 14.0 Å². The van der Waals surface area contributed by atoms with Gasteiger partial charge in [-0.2, -0.15) is 0 Å². The summed E-state index contributed by atoms with van der Waals surface area (Å²) in [4.78, 5) is 27.5. The number of halogens is 1. The average Bonchev–Trinajstić information content (AvgIpc) is 3.57. The Kier molecular flexibility index (Phi) is 5.39. The minimum atomic E-state index is -0.364. The number of rotatable bonds is 8. The smallest absolute Gasteiger partial charge is 0.257 e. The van der Waals surface area contributed by atoms with Gasteiger partial charge in [-0.1, -0.05) is 12.1 Å². The Bertz CT molecular complexity index is 860. The third-order valence-electron chi connectivity index (χ3n) is 5.15. The molecule has 2 saturated carbocycles. The van der Waals surface area contributed by atoms with Gasteiger partial charge in [0.05, 0.1) is 17.8 Å². The predicted molar refractivity (Wildman–Crippen MR) is 107 cm³/mol. The molecule has 28 heavy (non-hydrogen) atoms. The first kappa shape index (κ1) is 18.6. The quantitative estimate of drug-likeness (QED) is 0.729. The zero-order valence-electron chi connectivity index (χ0n) is 15.7. The number of hydrogen-bond donors (Lipinski definition) is 2. The van der Waals surface area contributed by atoms with Crippen molar-refractivity contribution in [3.63, 3.8) is 0 Å². The Balaban J connectivity index is 1.40. The largest absolute Gasteiger partial charge is 0.324 e. The number of carbonyl (C=O) groups is 2. The number of carbonyl (C=O) groups excluding carboxylic acids is 2. The molecule has 0 aliphatic heterocycles. The number of hydrogen-bond acceptors (Lipinski definition) is 3. The van der Waals surface area contributed by atoms with E-state index in [2.05, 4.69) is 15.5 Å². The summed E-state index contributed by atoms with van der Waals surface area (Å²) in [6, 6.07) is 13.0. The Morgan fingerprint density at radius 3 is 2.36 bits per heavy atom. The second-order valence-corrected chi connectivity index (χ2v) is 7.66. The molecule has 6 heteroatoms. The maximum absolute atomic E-state index is 13.0. The Morgan fingerprint density at radius 1 is 0.964 bits per heavy atom. The van der Waals surface area contributed by atoms with E-state index in [0.717, 1.165) is 25.3 Å². The predicted octanol–water partition coefficient (Wildman–Crippen LogP) is 3.89. The zero-order valence-corrected chi connectivity index (χ0v) is 15.7. The molecule has 0 spiro atoms. The molecular weight excluding hydrogens is 357 g/mol. The normalized spacial score (nSPS) is 16.1. The highest BCUT2D eigenvalue weighted by molar-refractivity contribution is 6.10. The van der Waals surface area contributed by atoms with Gasteiger partial charge in [0.15, 0.2) is 0 Å². The number of nitrogens with zero attached hydrogens (tertiary/aromatic N) is 1. The number of nitrogens with one attached hydrogen (secondary N) is 2.